The Labute approximate surface area is 170 Å². The van der Waals surface area contributed by atoms with Crippen LogP contribution in [0, 0.1) is 0 Å². The van der Waals surface area contributed by atoms with Crippen molar-refractivity contribution in [2.45, 2.75) is 6.54 Å². The molecule has 0 saturated heterocycles. The number of aromatic nitrogens is 2. The molecule has 0 saturated carbocycles. The van der Waals surface area contributed by atoms with E-state index in [-0.39, 0.29) is 0 Å². The lowest BCUT2D eigenvalue weighted by atomic mass is 10.0. The Morgan fingerprint density at radius 3 is 1.66 bits per heavy atom. The van der Waals surface area contributed by atoms with E-state index in [9.17, 15) is 0 Å². The quantitative estimate of drug-likeness (QED) is 0.401. The van der Waals surface area contributed by atoms with E-state index in [2.05, 4.69) is 78.1 Å². The van der Waals surface area contributed by atoms with Gasteiger partial charge in [-0.15, -0.1) is 0 Å². The standard InChI is InChI=1S/C26H21N3/c1-27-17-18-7-9-20(10-8-18)24-16-14-22-12-11-21-13-15-23(19-5-3-2-4-6-19)28-25(21)26(22)29-24/h2-16,27H,17H2,1H3. The molecule has 3 heteroatoms. The second kappa shape index (κ2) is 7.46. The first-order chi connectivity index (χ1) is 14.3. The molecule has 140 valence electrons. The van der Waals surface area contributed by atoms with E-state index in [1.807, 2.05) is 25.2 Å². The lowest BCUT2D eigenvalue weighted by Gasteiger charge is -2.08. The van der Waals surface area contributed by atoms with E-state index in [0.717, 1.165) is 50.9 Å². The highest BCUT2D eigenvalue weighted by Gasteiger charge is 2.08. The number of pyridine rings is 2. The van der Waals surface area contributed by atoms with Crippen molar-refractivity contribution in [1.82, 2.24) is 15.3 Å². The fourth-order valence-corrected chi connectivity index (χ4v) is 3.70. The molecule has 3 nitrogen and oxygen atoms in total. The summed E-state index contributed by atoms with van der Waals surface area (Å²) < 4.78 is 0. The molecule has 0 aliphatic rings. The van der Waals surface area contributed by atoms with Crippen molar-refractivity contribution in [3.8, 4) is 22.5 Å². The smallest absolute Gasteiger partial charge is 0.0972 e. The fourth-order valence-electron chi connectivity index (χ4n) is 3.70. The number of fused-ring (bicyclic) bond motifs is 3. The zero-order valence-corrected chi connectivity index (χ0v) is 16.3. The van der Waals surface area contributed by atoms with E-state index >= 15 is 0 Å². The van der Waals surface area contributed by atoms with Gasteiger partial charge in [0, 0.05) is 28.4 Å². The molecular formula is C26H21N3. The van der Waals surface area contributed by atoms with Crippen molar-refractivity contribution >= 4 is 21.8 Å². The third-order valence-corrected chi connectivity index (χ3v) is 5.22. The summed E-state index contributed by atoms with van der Waals surface area (Å²) >= 11 is 0. The summed E-state index contributed by atoms with van der Waals surface area (Å²) in [6, 6.07) is 31.5. The van der Waals surface area contributed by atoms with Gasteiger partial charge in [-0.25, -0.2) is 9.97 Å². The number of nitrogens with one attached hydrogen (secondary N) is 1. The number of hydrogen-bond donors (Lipinski definition) is 1. The molecule has 5 rings (SSSR count). The van der Waals surface area contributed by atoms with Crippen molar-refractivity contribution < 1.29 is 0 Å². The molecule has 0 aliphatic heterocycles. The van der Waals surface area contributed by atoms with Gasteiger partial charge in [-0.1, -0.05) is 78.9 Å². The molecule has 3 aromatic carbocycles. The van der Waals surface area contributed by atoms with Crippen LogP contribution in [-0.4, -0.2) is 17.0 Å². The number of benzene rings is 3. The maximum Gasteiger partial charge on any atom is 0.0972 e. The Kier molecular flexibility index (Phi) is 4.51. The SMILES string of the molecule is CNCc1ccc(-c2ccc3ccc4ccc(-c5ccccc5)nc4c3n2)cc1. The Morgan fingerprint density at radius 2 is 1.10 bits per heavy atom. The van der Waals surface area contributed by atoms with Gasteiger partial charge in [0.15, 0.2) is 0 Å². The minimum absolute atomic E-state index is 0.863. The molecular weight excluding hydrogens is 354 g/mol. The normalized spacial score (nSPS) is 11.2. The number of nitrogens with zero attached hydrogens (tertiary/aromatic N) is 2. The molecule has 0 spiro atoms. The molecule has 29 heavy (non-hydrogen) atoms. The molecule has 0 bridgehead atoms. The number of rotatable bonds is 4. The lowest BCUT2D eigenvalue weighted by Crippen LogP contribution is -2.04. The highest BCUT2D eigenvalue weighted by Crippen LogP contribution is 2.28. The van der Waals surface area contributed by atoms with Crippen LogP contribution in [0.3, 0.4) is 0 Å². The van der Waals surface area contributed by atoms with E-state index in [1.54, 1.807) is 0 Å². The molecule has 2 aromatic heterocycles. The summed E-state index contributed by atoms with van der Waals surface area (Å²) in [7, 11) is 1.96. The zero-order chi connectivity index (χ0) is 19.6. The summed E-state index contributed by atoms with van der Waals surface area (Å²) in [5.74, 6) is 0. The van der Waals surface area contributed by atoms with Gasteiger partial charge in [-0.05, 0) is 24.7 Å². The summed E-state index contributed by atoms with van der Waals surface area (Å²) in [4.78, 5) is 9.98. The van der Waals surface area contributed by atoms with Gasteiger partial charge in [-0.3, -0.25) is 0 Å². The van der Waals surface area contributed by atoms with Crippen molar-refractivity contribution in [3.05, 3.63) is 96.6 Å². The molecule has 1 N–H and O–H groups in total. The maximum absolute atomic E-state index is 5.01. The van der Waals surface area contributed by atoms with Crippen LogP contribution < -0.4 is 5.32 Å². The van der Waals surface area contributed by atoms with Gasteiger partial charge in [0.05, 0.1) is 22.4 Å². The van der Waals surface area contributed by atoms with Crippen LogP contribution >= 0.6 is 0 Å². The molecule has 0 unspecified atom stereocenters. The minimum atomic E-state index is 0.863. The lowest BCUT2D eigenvalue weighted by molar-refractivity contribution is 0.818. The molecule has 0 fully saturated rings. The largest absolute Gasteiger partial charge is 0.316 e. The summed E-state index contributed by atoms with van der Waals surface area (Å²) in [5.41, 5.74) is 7.30. The van der Waals surface area contributed by atoms with Gasteiger partial charge in [0.1, 0.15) is 0 Å². The van der Waals surface area contributed by atoms with E-state index < -0.39 is 0 Å². The van der Waals surface area contributed by atoms with Crippen LogP contribution in [0.15, 0.2) is 91.0 Å². The summed E-state index contributed by atoms with van der Waals surface area (Å²) in [6.07, 6.45) is 0. The second-order valence-corrected chi connectivity index (χ2v) is 7.20. The Morgan fingerprint density at radius 1 is 0.586 bits per heavy atom. The molecule has 0 atom stereocenters. The Bertz CT molecular complexity index is 1290. The van der Waals surface area contributed by atoms with Crippen LogP contribution in [0.4, 0.5) is 0 Å². The van der Waals surface area contributed by atoms with Crippen molar-refractivity contribution in [1.29, 1.82) is 0 Å². The minimum Gasteiger partial charge on any atom is -0.316 e. The van der Waals surface area contributed by atoms with Crippen LogP contribution in [0.25, 0.3) is 44.3 Å². The molecule has 0 amide bonds. The average Bonchev–Trinajstić information content (AvgIpc) is 2.79. The fraction of sp³-hybridized carbons (Fsp3) is 0.0769. The van der Waals surface area contributed by atoms with Crippen LogP contribution in [0.2, 0.25) is 0 Å². The Balaban J connectivity index is 1.66. The molecule has 0 radical (unpaired) electrons. The zero-order valence-electron chi connectivity index (χ0n) is 16.3. The van der Waals surface area contributed by atoms with Gasteiger partial charge in [0.2, 0.25) is 0 Å². The summed E-state index contributed by atoms with van der Waals surface area (Å²) in [6.45, 7) is 0.863. The predicted molar refractivity (Wildman–Crippen MR) is 121 cm³/mol. The third-order valence-electron chi connectivity index (χ3n) is 5.22. The van der Waals surface area contributed by atoms with Gasteiger partial charge in [0.25, 0.3) is 0 Å². The first kappa shape index (κ1) is 17.5. The predicted octanol–water partition coefficient (Wildman–Crippen LogP) is 5.84. The molecule has 2 heterocycles. The highest BCUT2D eigenvalue weighted by molar-refractivity contribution is 6.04. The van der Waals surface area contributed by atoms with E-state index in [1.165, 1.54) is 5.56 Å². The highest BCUT2D eigenvalue weighted by atomic mass is 14.8. The van der Waals surface area contributed by atoms with E-state index in [4.69, 9.17) is 9.97 Å². The van der Waals surface area contributed by atoms with E-state index in [0.29, 0.717) is 0 Å². The second-order valence-electron chi connectivity index (χ2n) is 7.20. The van der Waals surface area contributed by atoms with Crippen molar-refractivity contribution in [3.63, 3.8) is 0 Å². The van der Waals surface area contributed by atoms with Gasteiger partial charge < -0.3 is 5.32 Å². The van der Waals surface area contributed by atoms with Crippen molar-refractivity contribution in [2.24, 2.45) is 0 Å². The summed E-state index contributed by atoms with van der Waals surface area (Å²) in [5, 5.41) is 5.39. The third kappa shape index (κ3) is 3.37. The van der Waals surface area contributed by atoms with Crippen molar-refractivity contribution in [2.75, 3.05) is 7.05 Å². The Hall–Kier alpha value is -3.56. The van der Waals surface area contributed by atoms with Gasteiger partial charge >= 0.3 is 0 Å². The average molecular weight is 375 g/mol. The monoisotopic (exact) mass is 375 g/mol. The molecule has 0 aliphatic carbocycles. The van der Waals surface area contributed by atoms with Crippen LogP contribution in [0.1, 0.15) is 5.56 Å². The first-order valence-electron chi connectivity index (χ1n) is 9.82. The molecule has 5 aromatic rings. The first-order valence-corrected chi connectivity index (χ1v) is 9.82. The van der Waals surface area contributed by atoms with Gasteiger partial charge in [-0.2, -0.15) is 0 Å². The van der Waals surface area contributed by atoms with Crippen LogP contribution in [0.5, 0.6) is 0 Å². The number of hydrogen-bond acceptors (Lipinski definition) is 3. The maximum atomic E-state index is 5.01. The van der Waals surface area contributed by atoms with Crippen LogP contribution in [-0.2, 0) is 6.54 Å². The topological polar surface area (TPSA) is 37.8 Å².